The zero-order valence-electron chi connectivity index (χ0n) is 11.2. The van der Waals surface area contributed by atoms with Crippen molar-refractivity contribution in [2.75, 3.05) is 7.11 Å². The van der Waals surface area contributed by atoms with E-state index in [2.05, 4.69) is 10.1 Å². The molecule has 1 fully saturated rings. The van der Waals surface area contributed by atoms with Crippen LogP contribution in [-0.4, -0.2) is 25.0 Å². The lowest BCUT2D eigenvalue weighted by atomic mass is 10.1. The smallest absolute Gasteiger partial charge is 0.328 e. The van der Waals surface area contributed by atoms with Crippen LogP contribution in [0.1, 0.15) is 24.8 Å². The second kappa shape index (κ2) is 6.02. The first kappa shape index (κ1) is 15.1. The van der Waals surface area contributed by atoms with Gasteiger partial charge in [-0.1, -0.05) is 29.3 Å². The fourth-order valence-electron chi connectivity index (χ4n) is 2.15. The molecule has 1 aromatic carbocycles. The topological polar surface area (TPSA) is 55.4 Å². The van der Waals surface area contributed by atoms with Crippen molar-refractivity contribution in [3.8, 4) is 0 Å². The van der Waals surface area contributed by atoms with E-state index in [9.17, 15) is 9.59 Å². The molecule has 0 spiro atoms. The fourth-order valence-corrected chi connectivity index (χ4v) is 2.46. The van der Waals surface area contributed by atoms with Gasteiger partial charge in [-0.15, -0.1) is 0 Å². The second-order valence-corrected chi connectivity index (χ2v) is 5.69. The monoisotopic (exact) mass is 315 g/mol. The zero-order chi connectivity index (χ0) is 14.9. The van der Waals surface area contributed by atoms with E-state index in [-0.39, 0.29) is 17.7 Å². The van der Waals surface area contributed by atoms with Crippen molar-refractivity contribution >= 4 is 35.1 Å². The maximum Gasteiger partial charge on any atom is 0.328 e. The molecule has 0 saturated heterocycles. The minimum absolute atomic E-state index is 0.126. The Kier molecular flexibility index (Phi) is 4.55. The average Bonchev–Trinajstić information content (AvgIpc) is 3.21. The van der Waals surface area contributed by atoms with E-state index in [0.29, 0.717) is 10.0 Å². The summed E-state index contributed by atoms with van der Waals surface area (Å²) in [5.41, 5.74) is 0.991. The van der Waals surface area contributed by atoms with E-state index < -0.39 is 12.0 Å². The van der Waals surface area contributed by atoms with Crippen molar-refractivity contribution in [1.82, 2.24) is 5.32 Å². The molecular formula is C14H15Cl2NO3. The Bertz CT molecular complexity index is 547. The number of hydrogen-bond donors (Lipinski definition) is 1. The van der Waals surface area contributed by atoms with Crippen molar-refractivity contribution in [3.63, 3.8) is 0 Å². The van der Waals surface area contributed by atoms with Gasteiger partial charge >= 0.3 is 5.97 Å². The van der Waals surface area contributed by atoms with Gasteiger partial charge in [0.1, 0.15) is 6.04 Å². The van der Waals surface area contributed by atoms with Gasteiger partial charge in [-0.2, -0.15) is 0 Å². The fraction of sp³-hybridized carbons (Fsp3) is 0.429. The van der Waals surface area contributed by atoms with Gasteiger partial charge in [0.15, 0.2) is 0 Å². The maximum atomic E-state index is 12.0. The summed E-state index contributed by atoms with van der Waals surface area (Å²) in [5.74, 6) is -0.585. The molecule has 0 heterocycles. The van der Waals surface area contributed by atoms with Crippen molar-refractivity contribution in [2.45, 2.75) is 25.3 Å². The van der Waals surface area contributed by atoms with Crippen molar-refractivity contribution < 1.29 is 14.3 Å². The summed E-state index contributed by atoms with van der Waals surface area (Å²) in [5, 5.41) is 3.63. The van der Waals surface area contributed by atoms with Crippen LogP contribution < -0.4 is 5.32 Å². The quantitative estimate of drug-likeness (QED) is 0.869. The first-order valence-corrected chi connectivity index (χ1v) is 7.02. The molecule has 1 aliphatic rings. The highest BCUT2D eigenvalue weighted by molar-refractivity contribution is 6.42. The summed E-state index contributed by atoms with van der Waals surface area (Å²) in [7, 11) is 1.29. The maximum absolute atomic E-state index is 12.0. The summed E-state index contributed by atoms with van der Waals surface area (Å²) in [4.78, 5) is 23.2. The number of hydrogen-bond acceptors (Lipinski definition) is 3. The lowest BCUT2D eigenvalue weighted by Gasteiger charge is -2.11. The number of esters is 1. The third kappa shape index (κ3) is 3.25. The standard InChI is InChI=1S/C14H15Cl2NO3/c1-7(14(19)20-2)17-13(18)10-6-9(10)8-3-4-11(15)12(16)5-8/h3-5,7,9-10H,6H2,1-2H3,(H,17,18)/t7-,9?,10?/m1/s1. The van der Waals surface area contributed by atoms with Crippen LogP contribution in [-0.2, 0) is 14.3 Å². The van der Waals surface area contributed by atoms with Crippen LogP contribution in [0.2, 0.25) is 10.0 Å². The molecule has 1 saturated carbocycles. The van der Waals surface area contributed by atoms with Gasteiger partial charge in [-0.25, -0.2) is 4.79 Å². The minimum atomic E-state index is -0.637. The molecular weight excluding hydrogens is 301 g/mol. The number of rotatable bonds is 4. The van der Waals surface area contributed by atoms with Crippen LogP contribution in [0.5, 0.6) is 0 Å². The third-order valence-electron chi connectivity index (χ3n) is 3.41. The molecule has 1 aromatic rings. The van der Waals surface area contributed by atoms with E-state index in [1.165, 1.54) is 7.11 Å². The molecule has 1 N–H and O–H groups in total. The van der Waals surface area contributed by atoms with Crippen LogP contribution in [0.25, 0.3) is 0 Å². The van der Waals surface area contributed by atoms with E-state index in [1.807, 2.05) is 6.07 Å². The van der Waals surface area contributed by atoms with Gasteiger partial charge in [0.25, 0.3) is 0 Å². The summed E-state index contributed by atoms with van der Waals surface area (Å²) < 4.78 is 4.57. The third-order valence-corrected chi connectivity index (χ3v) is 4.15. The number of nitrogens with one attached hydrogen (secondary N) is 1. The molecule has 2 rings (SSSR count). The van der Waals surface area contributed by atoms with E-state index in [1.54, 1.807) is 19.1 Å². The van der Waals surface area contributed by atoms with Crippen molar-refractivity contribution in [1.29, 1.82) is 0 Å². The summed E-state index contributed by atoms with van der Waals surface area (Å²) in [6, 6.07) is 4.74. The Balaban J connectivity index is 1.95. The Hall–Kier alpha value is -1.26. The number of carbonyl (C=O) groups excluding carboxylic acids is 2. The number of halogens is 2. The molecule has 0 radical (unpaired) electrons. The van der Waals surface area contributed by atoms with E-state index in [0.717, 1.165) is 12.0 Å². The lowest BCUT2D eigenvalue weighted by Crippen LogP contribution is -2.40. The van der Waals surface area contributed by atoms with Gasteiger partial charge < -0.3 is 10.1 Å². The molecule has 20 heavy (non-hydrogen) atoms. The number of carbonyl (C=O) groups is 2. The molecule has 3 atom stereocenters. The van der Waals surface area contributed by atoms with Gasteiger partial charge in [-0.05, 0) is 37.0 Å². The second-order valence-electron chi connectivity index (χ2n) is 4.88. The Morgan fingerprint density at radius 1 is 1.35 bits per heavy atom. The van der Waals surface area contributed by atoms with Crippen LogP contribution in [0, 0.1) is 5.92 Å². The number of methoxy groups -OCH3 is 1. The highest BCUT2D eigenvalue weighted by Gasteiger charge is 2.44. The molecule has 108 valence electrons. The van der Waals surface area contributed by atoms with Crippen molar-refractivity contribution in [3.05, 3.63) is 33.8 Å². The number of ether oxygens (including phenoxy) is 1. The minimum Gasteiger partial charge on any atom is -0.467 e. The zero-order valence-corrected chi connectivity index (χ0v) is 12.7. The van der Waals surface area contributed by atoms with Gasteiger partial charge in [-0.3, -0.25) is 4.79 Å². The van der Waals surface area contributed by atoms with E-state index >= 15 is 0 Å². The molecule has 1 amide bonds. The first-order chi connectivity index (χ1) is 9.43. The summed E-state index contributed by atoms with van der Waals surface area (Å²) in [6.45, 7) is 1.60. The molecule has 6 heteroatoms. The van der Waals surface area contributed by atoms with Crippen molar-refractivity contribution in [2.24, 2.45) is 5.92 Å². The molecule has 0 bridgehead atoms. The van der Waals surface area contributed by atoms with Gasteiger partial charge in [0, 0.05) is 5.92 Å². The first-order valence-electron chi connectivity index (χ1n) is 6.27. The van der Waals surface area contributed by atoms with Crippen LogP contribution in [0.3, 0.4) is 0 Å². The Morgan fingerprint density at radius 2 is 2.05 bits per heavy atom. The summed E-state index contributed by atoms with van der Waals surface area (Å²) >= 11 is 11.8. The molecule has 2 unspecified atom stereocenters. The molecule has 4 nitrogen and oxygen atoms in total. The Morgan fingerprint density at radius 3 is 2.65 bits per heavy atom. The lowest BCUT2D eigenvalue weighted by molar-refractivity contribution is -0.144. The van der Waals surface area contributed by atoms with Gasteiger partial charge in [0.2, 0.25) is 5.91 Å². The summed E-state index contributed by atoms with van der Waals surface area (Å²) in [6.07, 6.45) is 0.748. The van der Waals surface area contributed by atoms with Gasteiger partial charge in [0.05, 0.1) is 17.2 Å². The highest BCUT2D eigenvalue weighted by atomic mass is 35.5. The number of amides is 1. The van der Waals surface area contributed by atoms with Crippen LogP contribution in [0.15, 0.2) is 18.2 Å². The largest absolute Gasteiger partial charge is 0.467 e. The molecule has 1 aliphatic carbocycles. The Labute approximate surface area is 127 Å². The van der Waals surface area contributed by atoms with Crippen LogP contribution in [0.4, 0.5) is 0 Å². The van der Waals surface area contributed by atoms with Crippen LogP contribution >= 0.6 is 23.2 Å². The normalized spacial score (nSPS) is 22.0. The predicted octanol–water partition coefficient (Wildman–Crippen LogP) is 2.77. The molecule has 0 aliphatic heterocycles. The highest BCUT2D eigenvalue weighted by Crippen LogP contribution is 2.48. The molecule has 0 aromatic heterocycles. The SMILES string of the molecule is COC(=O)[C@@H](C)NC(=O)C1CC1c1ccc(Cl)c(Cl)c1. The number of benzene rings is 1. The van der Waals surface area contributed by atoms with E-state index in [4.69, 9.17) is 23.2 Å². The predicted molar refractivity (Wildman–Crippen MR) is 76.9 cm³/mol. The average molecular weight is 316 g/mol.